The zero-order valence-corrected chi connectivity index (χ0v) is 20.9. The van der Waals surface area contributed by atoms with Crippen molar-refractivity contribution in [1.82, 2.24) is 5.32 Å². The second-order valence-corrected chi connectivity index (χ2v) is 8.98. The Morgan fingerprint density at radius 1 is 0.892 bits per heavy atom. The Labute approximate surface area is 215 Å². The summed E-state index contributed by atoms with van der Waals surface area (Å²) in [5, 5.41) is 14.3. The minimum Gasteiger partial charge on any atom is -0.481 e. The molecule has 4 aromatic carbocycles. The molecule has 0 aliphatic rings. The van der Waals surface area contributed by atoms with Crippen molar-refractivity contribution in [2.24, 2.45) is 0 Å². The normalized spacial score (nSPS) is 11.6. The minimum absolute atomic E-state index is 0.0116. The van der Waals surface area contributed by atoms with Crippen LogP contribution in [0.2, 0.25) is 0 Å². The highest BCUT2D eigenvalue weighted by Gasteiger charge is 2.18. The molecule has 1 unspecified atom stereocenters. The Bertz CT molecular complexity index is 1450. The van der Waals surface area contributed by atoms with Crippen LogP contribution in [0.15, 0.2) is 84.9 Å². The van der Waals surface area contributed by atoms with E-state index in [2.05, 4.69) is 5.32 Å². The van der Waals surface area contributed by atoms with E-state index < -0.39 is 5.97 Å². The lowest BCUT2D eigenvalue weighted by Gasteiger charge is -2.19. The van der Waals surface area contributed by atoms with Crippen LogP contribution in [-0.2, 0) is 11.2 Å². The van der Waals surface area contributed by atoms with Crippen LogP contribution in [0, 0.1) is 0 Å². The van der Waals surface area contributed by atoms with Crippen molar-refractivity contribution in [1.29, 1.82) is 0 Å². The molecule has 0 saturated carbocycles. The first-order valence-corrected chi connectivity index (χ1v) is 12.2. The van der Waals surface area contributed by atoms with Crippen LogP contribution in [0.25, 0.3) is 10.8 Å². The van der Waals surface area contributed by atoms with E-state index in [0.29, 0.717) is 35.5 Å². The number of benzene rings is 4. The summed E-state index contributed by atoms with van der Waals surface area (Å²) in [6, 6.07) is 25.9. The molecule has 6 nitrogen and oxygen atoms in total. The Morgan fingerprint density at radius 3 is 2.41 bits per heavy atom. The summed E-state index contributed by atoms with van der Waals surface area (Å²) in [5.74, 6) is -0.460. The molecule has 0 fully saturated rings. The summed E-state index contributed by atoms with van der Waals surface area (Å²) in [5.41, 5.74) is 2.59. The van der Waals surface area contributed by atoms with E-state index in [4.69, 9.17) is 9.84 Å². The van der Waals surface area contributed by atoms with Crippen molar-refractivity contribution < 1.29 is 24.2 Å². The molecule has 1 atom stereocenters. The molecule has 0 aliphatic heterocycles. The van der Waals surface area contributed by atoms with Crippen LogP contribution in [0.1, 0.15) is 64.6 Å². The maximum atomic E-state index is 13.5. The summed E-state index contributed by atoms with van der Waals surface area (Å²) in [4.78, 5) is 36.6. The number of rotatable bonds is 10. The fourth-order valence-corrected chi connectivity index (χ4v) is 4.43. The van der Waals surface area contributed by atoms with E-state index >= 15 is 0 Å². The van der Waals surface area contributed by atoms with Gasteiger partial charge in [-0.1, -0.05) is 60.7 Å². The monoisotopic (exact) mass is 495 g/mol. The number of ketones is 1. The predicted molar refractivity (Wildman–Crippen MR) is 143 cm³/mol. The number of carbonyl (C=O) groups is 3. The van der Waals surface area contributed by atoms with Gasteiger partial charge in [-0.3, -0.25) is 14.4 Å². The summed E-state index contributed by atoms with van der Waals surface area (Å²) < 4.78 is 6.01. The third-order valence-electron chi connectivity index (χ3n) is 6.29. The quantitative estimate of drug-likeness (QED) is 0.238. The number of hydrogen-bond donors (Lipinski definition) is 2. The van der Waals surface area contributed by atoms with E-state index in [9.17, 15) is 14.4 Å². The first-order valence-electron chi connectivity index (χ1n) is 12.2. The van der Waals surface area contributed by atoms with Crippen LogP contribution >= 0.6 is 0 Å². The molecule has 6 heteroatoms. The van der Waals surface area contributed by atoms with Crippen molar-refractivity contribution in [3.05, 3.63) is 107 Å². The van der Waals surface area contributed by atoms with Crippen molar-refractivity contribution in [3.63, 3.8) is 0 Å². The van der Waals surface area contributed by atoms with Gasteiger partial charge in [-0.15, -0.1) is 0 Å². The molecule has 0 saturated heterocycles. The van der Waals surface area contributed by atoms with Gasteiger partial charge in [-0.2, -0.15) is 0 Å². The molecule has 0 bridgehead atoms. The molecule has 0 aliphatic carbocycles. The molecule has 0 radical (unpaired) electrons. The fraction of sp³-hybridized carbons (Fsp3) is 0.194. The number of fused-ring (bicyclic) bond motifs is 1. The Kier molecular flexibility index (Phi) is 7.98. The largest absolute Gasteiger partial charge is 0.481 e. The zero-order valence-electron chi connectivity index (χ0n) is 20.9. The molecule has 0 heterocycles. The highest BCUT2D eigenvalue weighted by molar-refractivity contribution is 5.98. The molecule has 0 aromatic heterocycles. The predicted octanol–water partition coefficient (Wildman–Crippen LogP) is 6.73. The molecule has 1 amide bonds. The number of hydrogen-bond acceptors (Lipinski definition) is 4. The second kappa shape index (κ2) is 11.5. The van der Waals surface area contributed by atoms with Crippen LogP contribution in [-0.4, -0.2) is 22.8 Å². The second-order valence-electron chi connectivity index (χ2n) is 8.98. The van der Waals surface area contributed by atoms with Crippen LogP contribution in [0.5, 0.6) is 11.5 Å². The van der Waals surface area contributed by atoms with Gasteiger partial charge in [-0.25, -0.2) is 0 Å². The number of Topliss-reactive ketones (excluding diaryl/α,β-unsaturated/α-hetero) is 1. The third kappa shape index (κ3) is 6.22. The zero-order chi connectivity index (χ0) is 26.4. The van der Waals surface area contributed by atoms with Gasteiger partial charge in [-0.05, 0) is 72.9 Å². The number of aliphatic carboxylic acids is 1. The third-order valence-corrected chi connectivity index (χ3v) is 6.29. The molecule has 0 spiro atoms. The van der Waals surface area contributed by atoms with Crippen LogP contribution in [0.3, 0.4) is 0 Å². The maximum Gasteiger partial charge on any atom is 0.303 e. The maximum absolute atomic E-state index is 13.5. The van der Waals surface area contributed by atoms with Crippen LogP contribution < -0.4 is 10.1 Å². The smallest absolute Gasteiger partial charge is 0.303 e. The van der Waals surface area contributed by atoms with Crippen molar-refractivity contribution in [3.8, 4) is 11.5 Å². The molecule has 188 valence electrons. The van der Waals surface area contributed by atoms with E-state index in [1.54, 1.807) is 42.5 Å². The number of para-hydroxylation sites is 1. The van der Waals surface area contributed by atoms with Crippen molar-refractivity contribution in [2.45, 2.75) is 39.2 Å². The van der Waals surface area contributed by atoms with Gasteiger partial charge in [0.2, 0.25) is 0 Å². The standard InChI is InChI=1S/C31H29NO5/c1-20(25-14-7-10-22-9-3-4-13-27(22)25)32-31(36)28-19-24(18-17-23(28)11-8-16-30(34)35)37-29-15-6-5-12-26(29)21(2)33/h3-7,9-10,12-15,17-20H,8,11,16H2,1-2H3,(H,32,36)(H,34,35). The summed E-state index contributed by atoms with van der Waals surface area (Å²) in [7, 11) is 0. The molecule has 37 heavy (non-hydrogen) atoms. The molecule has 2 N–H and O–H groups in total. The lowest BCUT2D eigenvalue weighted by molar-refractivity contribution is -0.137. The number of aryl methyl sites for hydroxylation is 1. The number of ether oxygens (including phenoxy) is 1. The first-order chi connectivity index (χ1) is 17.8. The van der Waals surface area contributed by atoms with Gasteiger partial charge >= 0.3 is 5.97 Å². The minimum atomic E-state index is -0.878. The van der Waals surface area contributed by atoms with E-state index in [1.807, 2.05) is 49.4 Å². The van der Waals surface area contributed by atoms with Gasteiger partial charge in [0.15, 0.2) is 5.78 Å². The van der Waals surface area contributed by atoms with Gasteiger partial charge in [0.25, 0.3) is 5.91 Å². The van der Waals surface area contributed by atoms with Gasteiger partial charge in [0, 0.05) is 12.0 Å². The summed E-state index contributed by atoms with van der Waals surface area (Å²) in [6.07, 6.45) is 0.849. The lowest BCUT2D eigenvalue weighted by Crippen LogP contribution is -2.27. The number of amides is 1. The average molecular weight is 496 g/mol. The highest BCUT2D eigenvalue weighted by atomic mass is 16.5. The number of carbonyl (C=O) groups excluding carboxylic acids is 2. The van der Waals surface area contributed by atoms with Crippen LogP contribution in [0.4, 0.5) is 0 Å². The molecule has 4 rings (SSSR count). The van der Waals surface area contributed by atoms with Gasteiger partial charge in [0.05, 0.1) is 11.6 Å². The van der Waals surface area contributed by atoms with Gasteiger partial charge < -0.3 is 15.2 Å². The van der Waals surface area contributed by atoms with E-state index in [1.165, 1.54) is 6.92 Å². The van der Waals surface area contributed by atoms with Gasteiger partial charge in [0.1, 0.15) is 11.5 Å². The Hall–Kier alpha value is -4.45. The first kappa shape index (κ1) is 25.6. The SMILES string of the molecule is CC(=O)c1ccccc1Oc1ccc(CCCC(=O)O)c(C(=O)NC(C)c2cccc3ccccc23)c1. The lowest BCUT2D eigenvalue weighted by atomic mass is 9.98. The van der Waals surface area contributed by atoms with Crippen molar-refractivity contribution >= 4 is 28.4 Å². The number of nitrogens with one attached hydrogen (secondary N) is 1. The van der Waals surface area contributed by atoms with E-state index in [-0.39, 0.29) is 24.2 Å². The fourth-order valence-electron chi connectivity index (χ4n) is 4.43. The molecular formula is C31H29NO5. The average Bonchev–Trinajstić information content (AvgIpc) is 2.89. The summed E-state index contributed by atoms with van der Waals surface area (Å²) in [6.45, 7) is 3.41. The highest BCUT2D eigenvalue weighted by Crippen LogP contribution is 2.29. The van der Waals surface area contributed by atoms with E-state index in [0.717, 1.165) is 21.9 Å². The Balaban J connectivity index is 1.63. The molecule has 4 aromatic rings. The van der Waals surface area contributed by atoms with Crippen molar-refractivity contribution in [2.75, 3.05) is 0 Å². The molecular weight excluding hydrogens is 466 g/mol. The number of carboxylic acid groups (broad SMARTS) is 1. The Morgan fingerprint density at radius 2 is 1.62 bits per heavy atom. The number of carboxylic acids is 1. The topological polar surface area (TPSA) is 92.7 Å². The summed E-state index contributed by atoms with van der Waals surface area (Å²) >= 11 is 0.